The maximum Gasteiger partial charge on any atom is 0.372 e. The van der Waals surface area contributed by atoms with Crippen molar-refractivity contribution in [3.8, 4) is 0 Å². The number of hydrogen-bond acceptors (Lipinski definition) is 4. The lowest BCUT2D eigenvalue weighted by molar-refractivity contribution is 0.0664. The predicted octanol–water partition coefficient (Wildman–Crippen LogP) is 7.79. The van der Waals surface area contributed by atoms with Gasteiger partial charge in [0, 0.05) is 28.1 Å². The van der Waals surface area contributed by atoms with Crippen molar-refractivity contribution in [3.05, 3.63) is 131 Å². The number of fused-ring (bicyclic) bond motifs is 1. The Balaban J connectivity index is 1.40. The molecule has 1 heterocycles. The monoisotopic (exact) mass is 493 g/mol. The van der Waals surface area contributed by atoms with Crippen LogP contribution >= 0.6 is 11.9 Å². The number of carboxylic acid groups (broad SMARTS) is 1. The highest BCUT2D eigenvalue weighted by Gasteiger charge is 2.18. The van der Waals surface area contributed by atoms with Crippen molar-refractivity contribution in [2.75, 3.05) is 10.8 Å². The Kier molecular flexibility index (Phi) is 7.10. The van der Waals surface area contributed by atoms with Gasteiger partial charge in [-0.15, -0.1) is 0 Å². The molecule has 0 spiro atoms. The number of anilines is 1. The van der Waals surface area contributed by atoms with Gasteiger partial charge in [-0.1, -0.05) is 72.8 Å². The summed E-state index contributed by atoms with van der Waals surface area (Å²) in [5, 5.41) is 10.2. The molecule has 0 aliphatic carbocycles. The summed E-state index contributed by atoms with van der Waals surface area (Å²) >= 11 is 1.66. The number of benzene rings is 4. The van der Waals surface area contributed by atoms with Gasteiger partial charge in [0.1, 0.15) is 5.58 Å². The molecule has 4 nitrogen and oxygen atoms in total. The quantitative estimate of drug-likeness (QED) is 0.212. The third kappa shape index (κ3) is 5.47. The second-order valence-electron chi connectivity index (χ2n) is 8.78. The summed E-state index contributed by atoms with van der Waals surface area (Å²) in [6.07, 6.45) is 1.82. The number of nitrogens with zero attached hydrogens (tertiary/aromatic N) is 1. The molecule has 0 bridgehead atoms. The van der Waals surface area contributed by atoms with Crippen molar-refractivity contribution in [1.29, 1.82) is 0 Å². The molecule has 4 aromatic carbocycles. The highest BCUT2D eigenvalue weighted by atomic mass is 32.2. The second kappa shape index (κ2) is 10.8. The van der Waals surface area contributed by atoms with Crippen molar-refractivity contribution < 1.29 is 14.3 Å². The fourth-order valence-corrected chi connectivity index (χ4v) is 5.27. The van der Waals surface area contributed by atoms with E-state index in [1.165, 1.54) is 16.7 Å². The summed E-state index contributed by atoms with van der Waals surface area (Å²) in [6, 6.07) is 35.6. The lowest BCUT2D eigenvalue weighted by atomic mass is 10.0. The zero-order valence-corrected chi connectivity index (χ0v) is 20.9. The standard InChI is InChI=1S/C31H27NO3S/c1-22-28-21-27(16-17-29(28)35-30(22)31(33)34)36-32(19-18-23-8-4-2-5-9-23)26-14-12-25(13-15-26)20-24-10-6-3-7-11-24/h2-17,21H,18-20H2,1H3,(H,33,34). The van der Waals surface area contributed by atoms with E-state index in [0.29, 0.717) is 11.1 Å². The minimum absolute atomic E-state index is 0.00193. The topological polar surface area (TPSA) is 53.7 Å². The Hall–Kier alpha value is -3.96. The third-order valence-corrected chi connectivity index (χ3v) is 7.32. The average Bonchev–Trinajstić information content (AvgIpc) is 3.24. The highest BCUT2D eigenvalue weighted by molar-refractivity contribution is 8.00. The molecule has 1 N–H and O–H groups in total. The molecular weight excluding hydrogens is 466 g/mol. The SMILES string of the molecule is Cc1c(C(=O)O)oc2ccc(SN(CCc3ccccc3)c3ccc(Cc4ccccc4)cc3)cc12. The van der Waals surface area contributed by atoms with E-state index in [0.717, 1.165) is 35.4 Å². The van der Waals surface area contributed by atoms with Crippen LogP contribution in [-0.2, 0) is 12.8 Å². The summed E-state index contributed by atoms with van der Waals surface area (Å²) in [5.41, 5.74) is 6.23. The number of rotatable bonds is 9. The van der Waals surface area contributed by atoms with E-state index in [1.807, 2.05) is 30.3 Å². The van der Waals surface area contributed by atoms with Crippen LogP contribution in [0.1, 0.15) is 32.8 Å². The first-order chi connectivity index (χ1) is 17.6. The summed E-state index contributed by atoms with van der Waals surface area (Å²) < 4.78 is 7.85. The summed E-state index contributed by atoms with van der Waals surface area (Å²) in [5.74, 6) is -1.04. The average molecular weight is 494 g/mol. The number of aryl methyl sites for hydroxylation is 1. The Morgan fingerprint density at radius 1 is 0.833 bits per heavy atom. The molecule has 0 atom stereocenters. The molecule has 36 heavy (non-hydrogen) atoms. The van der Waals surface area contributed by atoms with E-state index in [1.54, 1.807) is 18.9 Å². The molecule has 0 amide bonds. The molecule has 0 saturated heterocycles. The summed E-state index contributed by atoms with van der Waals surface area (Å²) in [6.45, 7) is 2.62. The number of hydrogen-bond donors (Lipinski definition) is 1. The van der Waals surface area contributed by atoms with Crippen LogP contribution in [-0.4, -0.2) is 17.6 Å². The van der Waals surface area contributed by atoms with Crippen molar-refractivity contribution in [3.63, 3.8) is 0 Å². The van der Waals surface area contributed by atoms with Gasteiger partial charge in [0.2, 0.25) is 5.76 Å². The molecule has 0 aliphatic rings. The molecule has 5 heteroatoms. The van der Waals surface area contributed by atoms with E-state index < -0.39 is 5.97 Å². The van der Waals surface area contributed by atoms with Gasteiger partial charge in [-0.2, -0.15) is 0 Å². The van der Waals surface area contributed by atoms with E-state index in [9.17, 15) is 9.90 Å². The van der Waals surface area contributed by atoms with Crippen LogP contribution in [0.25, 0.3) is 11.0 Å². The summed E-state index contributed by atoms with van der Waals surface area (Å²) in [7, 11) is 0. The van der Waals surface area contributed by atoms with E-state index >= 15 is 0 Å². The molecule has 180 valence electrons. The predicted molar refractivity (Wildman–Crippen MR) is 147 cm³/mol. The van der Waals surface area contributed by atoms with Crippen molar-refractivity contribution in [2.45, 2.75) is 24.7 Å². The first-order valence-corrected chi connectivity index (χ1v) is 12.7. The van der Waals surface area contributed by atoms with Crippen molar-refractivity contribution >= 4 is 34.6 Å². The van der Waals surface area contributed by atoms with E-state index in [2.05, 4.69) is 77.1 Å². The molecule has 0 radical (unpaired) electrons. The number of aromatic carboxylic acids is 1. The molecular formula is C31H27NO3S. The van der Waals surface area contributed by atoms with Gasteiger partial charge in [0.25, 0.3) is 0 Å². The molecule has 0 saturated carbocycles. The molecule has 0 aliphatic heterocycles. The first kappa shape index (κ1) is 23.8. The van der Waals surface area contributed by atoms with Crippen LogP contribution < -0.4 is 4.31 Å². The van der Waals surface area contributed by atoms with E-state index in [-0.39, 0.29) is 5.76 Å². The van der Waals surface area contributed by atoms with E-state index in [4.69, 9.17) is 4.42 Å². The molecule has 0 unspecified atom stereocenters. The van der Waals surface area contributed by atoms with Crippen LogP contribution in [0.3, 0.4) is 0 Å². The van der Waals surface area contributed by atoms with Gasteiger partial charge in [0.05, 0.1) is 0 Å². The van der Waals surface area contributed by atoms with Crippen molar-refractivity contribution in [1.82, 2.24) is 0 Å². The van der Waals surface area contributed by atoms with Gasteiger partial charge in [-0.25, -0.2) is 4.79 Å². The molecule has 5 aromatic rings. The Morgan fingerprint density at radius 3 is 2.14 bits per heavy atom. The van der Waals surface area contributed by atoms with Gasteiger partial charge in [-0.3, -0.25) is 0 Å². The number of carbonyl (C=O) groups is 1. The zero-order chi connectivity index (χ0) is 24.9. The first-order valence-electron chi connectivity index (χ1n) is 12.0. The highest BCUT2D eigenvalue weighted by Crippen LogP contribution is 2.34. The fraction of sp³-hybridized carbons (Fsp3) is 0.129. The Bertz CT molecular complexity index is 1460. The zero-order valence-electron chi connectivity index (χ0n) is 20.1. The van der Waals surface area contributed by atoms with Crippen LogP contribution in [0.2, 0.25) is 0 Å². The smallest absolute Gasteiger partial charge is 0.372 e. The van der Waals surface area contributed by atoms with Gasteiger partial charge >= 0.3 is 5.97 Å². The lowest BCUT2D eigenvalue weighted by Crippen LogP contribution is -2.17. The minimum atomic E-state index is -1.04. The Morgan fingerprint density at radius 2 is 1.47 bits per heavy atom. The molecule has 5 rings (SSSR count). The van der Waals surface area contributed by atoms with Crippen LogP contribution in [0, 0.1) is 6.92 Å². The number of furan rings is 1. The van der Waals surface area contributed by atoms with Crippen LogP contribution in [0.15, 0.2) is 112 Å². The number of carboxylic acids is 1. The van der Waals surface area contributed by atoms with Gasteiger partial charge < -0.3 is 13.8 Å². The minimum Gasteiger partial charge on any atom is -0.475 e. The lowest BCUT2D eigenvalue weighted by Gasteiger charge is -2.24. The van der Waals surface area contributed by atoms with Crippen molar-refractivity contribution in [2.24, 2.45) is 0 Å². The van der Waals surface area contributed by atoms with Crippen LogP contribution in [0.4, 0.5) is 5.69 Å². The maximum atomic E-state index is 11.5. The van der Waals surface area contributed by atoms with Gasteiger partial charge in [-0.05, 0) is 78.7 Å². The summed E-state index contributed by atoms with van der Waals surface area (Å²) in [4.78, 5) is 12.5. The second-order valence-corrected chi connectivity index (χ2v) is 9.87. The molecule has 1 aromatic heterocycles. The van der Waals surface area contributed by atoms with Crippen LogP contribution in [0.5, 0.6) is 0 Å². The third-order valence-electron chi connectivity index (χ3n) is 6.24. The Labute approximate surface area is 215 Å². The maximum absolute atomic E-state index is 11.5. The largest absolute Gasteiger partial charge is 0.475 e. The fourth-order valence-electron chi connectivity index (χ4n) is 4.30. The normalized spacial score (nSPS) is 11.0. The molecule has 0 fully saturated rings. The van der Waals surface area contributed by atoms with Gasteiger partial charge in [0.15, 0.2) is 0 Å².